The molecule has 0 saturated heterocycles. The molecule has 1 aromatic carbocycles. The lowest BCUT2D eigenvalue weighted by molar-refractivity contribution is 0.284. The van der Waals surface area contributed by atoms with Gasteiger partial charge in [0.1, 0.15) is 0 Å². The summed E-state index contributed by atoms with van der Waals surface area (Å²) in [6, 6.07) is 1.57. The maximum Gasteiger partial charge on any atom is 0.194 e. The third-order valence-electron chi connectivity index (χ3n) is 3.62. The summed E-state index contributed by atoms with van der Waals surface area (Å²) in [6.07, 6.45) is 4.55. The van der Waals surface area contributed by atoms with Crippen molar-refractivity contribution in [2.45, 2.75) is 37.6 Å². The number of phenolic OH excluding ortho intramolecular Hbond substituents is 1. The maximum atomic E-state index is 14.3. The van der Waals surface area contributed by atoms with Crippen molar-refractivity contribution in [3.63, 3.8) is 0 Å². The number of halogens is 2. The molecule has 1 fully saturated rings. The Morgan fingerprint density at radius 3 is 2.56 bits per heavy atom. The molecule has 3 nitrogen and oxygen atoms in total. The number of nitrogens with two attached hydrogens (primary N) is 1. The summed E-state index contributed by atoms with van der Waals surface area (Å²) in [5.41, 5.74) is 5.98. The van der Waals surface area contributed by atoms with E-state index in [1.54, 1.807) is 6.07 Å². The van der Waals surface area contributed by atoms with Crippen LogP contribution in [0.3, 0.4) is 0 Å². The van der Waals surface area contributed by atoms with Crippen LogP contribution in [0.15, 0.2) is 10.5 Å². The highest BCUT2D eigenvalue weighted by Gasteiger charge is 2.35. The average molecular weight is 318 g/mol. The van der Waals surface area contributed by atoms with Gasteiger partial charge in [0.25, 0.3) is 0 Å². The first-order valence-electron chi connectivity index (χ1n) is 6.04. The van der Waals surface area contributed by atoms with Crippen LogP contribution in [0.4, 0.5) is 4.39 Å². The van der Waals surface area contributed by atoms with Crippen molar-refractivity contribution < 1.29 is 14.2 Å². The van der Waals surface area contributed by atoms with Crippen LogP contribution in [-0.4, -0.2) is 12.2 Å². The molecule has 3 N–H and O–H groups in total. The fourth-order valence-corrected chi connectivity index (χ4v) is 3.41. The molecular formula is C13H17BrFNO2. The van der Waals surface area contributed by atoms with E-state index in [2.05, 4.69) is 15.9 Å². The summed E-state index contributed by atoms with van der Waals surface area (Å²) in [5, 5.41) is 9.77. The Balaban J connectivity index is 2.53. The van der Waals surface area contributed by atoms with Crippen molar-refractivity contribution in [3.05, 3.63) is 21.9 Å². The molecule has 1 saturated carbocycles. The standard InChI is InChI=1S/C13H17BrFNO2/c1-18-9-7-8(14)10(11(15)12(9)17)13(16)5-3-2-4-6-13/h7,17H,2-6,16H2,1H3. The first-order valence-corrected chi connectivity index (χ1v) is 6.83. The van der Waals surface area contributed by atoms with Crippen LogP contribution in [0.5, 0.6) is 11.5 Å². The summed E-state index contributed by atoms with van der Waals surface area (Å²) in [4.78, 5) is 0. The fourth-order valence-electron chi connectivity index (χ4n) is 2.63. The number of aromatic hydroxyl groups is 1. The monoisotopic (exact) mass is 317 g/mol. The van der Waals surface area contributed by atoms with Crippen LogP contribution < -0.4 is 10.5 Å². The van der Waals surface area contributed by atoms with Gasteiger partial charge in [-0.25, -0.2) is 4.39 Å². The molecular weight excluding hydrogens is 301 g/mol. The number of hydrogen-bond donors (Lipinski definition) is 2. The maximum absolute atomic E-state index is 14.3. The zero-order valence-corrected chi connectivity index (χ0v) is 11.9. The molecule has 0 bridgehead atoms. The van der Waals surface area contributed by atoms with Crippen molar-refractivity contribution in [2.75, 3.05) is 7.11 Å². The molecule has 0 radical (unpaired) electrons. The molecule has 1 aromatic rings. The van der Waals surface area contributed by atoms with Crippen LogP contribution in [0.1, 0.15) is 37.7 Å². The van der Waals surface area contributed by atoms with Crippen molar-refractivity contribution in [1.29, 1.82) is 0 Å². The predicted molar refractivity (Wildman–Crippen MR) is 71.3 cm³/mol. The lowest BCUT2D eigenvalue weighted by atomic mass is 9.77. The van der Waals surface area contributed by atoms with Gasteiger partial charge in [-0.05, 0) is 18.9 Å². The third-order valence-corrected chi connectivity index (χ3v) is 4.25. The van der Waals surface area contributed by atoms with Crippen LogP contribution >= 0.6 is 15.9 Å². The highest BCUT2D eigenvalue weighted by molar-refractivity contribution is 9.10. The first kappa shape index (κ1) is 13.6. The lowest BCUT2D eigenvalue weighted by Gasteiger charge is -2.35. The van der Waals surface area contributed by atoms with Gasteiger partial charge in [0.2, 0.25) is 0 Å². The fraction of sp³-hybridized carbons (Fsp3) is 0.538. The van der Waals surface area contributed by atoms with E-state index in [9.17, 15) is 9.50 Å². The molecule has 0 amide bonds. The SMILES string of the molecule is COc1cc(Br)c(C2(N)CCCCC2)c(F)c1O. The number of ether oxygens (including phenoxy) is 1. The highest BCUT2D eigenvalue weighted by atomic mass is 79.9. The van der Waals surface area contributed by atoms with E-state index >= 15 is 0 Å². The Morgan fingerprint density at radius 1 is 1.39 bits per heavy atom. The van der Waals surface area contributed by atoms with Gasteiger partial charge >= 0.3 is 0 Å². The van der Waals surface area contributed by atoms with Crippen molar-refractivity contribution in [1.82, 2.24) is 0 Å². The average Bonchev–Trinajstić information content (AvgIpc) is 2.34. The van der Waals surface area contributed by atoms with E-state index in [0.717, 1.165) is 32.1 Å². The molecule has 1 aliphatic rings. The molecule has 18 heavy (non-hydrogen) atoms. The van der Waals surface area contributed by atoms with Crippen LogP contribution in [-0.2, 0) is 5.54 Å². The summed E-state index contributed by atoms with van der Waals surface area (Å²) in [7, 11) is 1.39. The quantitative estimate of drug-likeness (QED) is 0.878. The Labute approximate surface area is 114 Å². The summed E-state index contributed by atoms with van der Waals surface area (Å²) in [6.45, 7) is 0. The normalized spacial score (nSPS) is 18.7. The van der Waals surface area contributed by atoms with Gasteiger partial charge in [-0.1, -0.05) is 35.2 Å². The van der Waals surface area contributed by atoms with E-state index < -0.39 is 17.1 Å². The summed E-state index contributed by atoms with van der Waals surface area (Å²) in [5.74, 6) is -1.03. The number of methoxy groups -OCH3 is 1. The van der Waals surface area contributed by atoms with Gasteiger partial charge in [-0.15, -0.1) is 0 Å². The molecule has 100 valence electrons. The molecule has 0 aromatic heterocycles. The Bertz CT molecular complexity index is 459. The van der Waals surface area contributed by atoms with Crippen LogP contribution in [0.2, 0.25) is 0 Å². The Hall–Kier alpha value is -0.810. The van der Waals surface area contributed by atoms with E-state index in [4.69, 9.17) is 10.5 Å². The van der Waals surface area contributed by atoms with Gasteiger partial charge < -0.3 is 15.6 Å². The van der Waals surface area contributed by atoms with E-state index in [1.807, 2.05) is 0 Å². The van der Waals surface area contributed by atoms with Gasteiger partial charge in [-0.3, -0.25) is 0 Å². The molecule has 0 atom stereocenters. The number of rotatable bonds is 2. The minimum atomic E-state index is -0.703. The van der Waals surface area contributed by atoms with Gasteiger partial charge in [0.15, 0.2) is 17.3 Å². The Morgan fingerprint density at radius 2 is 2.00 bits per heavy atom. The first-order chi connectivity index (χ1) is 8.49. The molecule has 0 spiro atoms. The van der Waals surface area contributed by atoms with Gasteiger partial charge in [0, 0.05) is 15.6 Å². The van der Waals surface area contributed by atoms with Crippen molar-refractivity contribution in [2.24, 2.45) is 5.73 Å². The second-order valence-corrected chi connectivity index (χ2v) is 5.67. The minimum Gasteiger partial charge on any atom is -0.502 e. The van der Waals surface area contributed by atoms with E-state index in [-0.39, 0.29) is 5.75 Å². The smallest absolute Gasteiger partial charge is 0.194 e. The second kappa shape index (κ2) is 5.05. The number of hydrogen-bond acceptors (Lipinski definition) is 3. The highest BCUT2D eigenvalue weighted by Crippen LogP contribution is 2.44. The third kappa shape index (κ3) is 2.21. The second-order valence-electron chi connectivity index (χ2n) is 4.82. The topological polar surface area (TPSA) is 55.5 Å². The molecule has 0 aliphatic heterocycles. The summed E-state index contributed by atoms with van der Waals surface area (Å²) < 4.78 is 19.8. The number of phenols is 1. The van der Waals surface area contributed by atoms with Crippen LogP contribution in [0, 0.1) is 5.82 Å². The van der Waals surface area contributed by atoms with Gasteiger partial charge in [0.05, 0.1) is 7.11 Å². The van der Waals surface area contributed by atoms with Gasteiger partial charge in [-0.2, -0.15) is 0 Å². The molecule has 5 heteroatoms. The largest absolute Gasteiger partial charge is 0.502 e. The van der Waals surface area contributed by atoms with E-state index in [0.29, 0.717) is 10.0 Å². The van der Waals surface area contributed by atoms with E-state index in [1.165, 1.54) is 7.11 Å². The Kier molecular flexibility index (Phi) is 3.82. The molecule has 2 rings (SSSR count). The molecule has 0 unspecified atom stereocenters. The zero-order chi connectivity index (χ0) is 13.3. The number of benzene rings is 1. The summed E-state index contributed by atoms with van der Waals surface area (Å²) >= 11 is 3.33. The molecule has 0 heterocycles. The predicted octanol–water partition coefficient (Wildman–Crippen LogP) is 3.42. The minimum absolute atomic E-state index is 0.113. The van der Waals surface area contributed by atoms with Crippen molar-refractivity contribution >= 4 is 15.9 Å². The zero-order valence-electron chi connectivity index (χ0n) is 10.3. The molecule has 1 aliphatic carbocycles. The van der Waals surface area contributed by atoms with Crippen molar-refractivity contribution in [3.8, 4) is 11.5 Å². The van der Waals surface area contributed by atoms with Crippen LogP contribution in [0.25, 0.3) is 0 Å². The lowest BCUT2D eigenvalue weighted by Crippen LogP contribution is -2.39.